The first-order chi connectivity index (χ1) is 15.4. The lowest BCUT2D eigenvalue weighted by Gasteiger charge is -2.15. The molecule has 0 atom stereocenters. The molecule has 162 valence electrons. The number of hydrogen-bond acceptors (Lipinski definition) is 5. The van der Waals surface area contributed by atoms with Gasteiger partial charge in [0.25, 0.3) is 5.69 Å². The molecule has 0 aliphatic rings. The van der Waals surface area contributed by atoms with Gasteiger partial charge in [0.05, 0.1) is 27.6 Å². The third-order valence-electron chi connectivity index (χ3n) is 4.45. The number of rotatable bonds is 8. The molecule has 0 spiro atoms. The van der Waals surface area contributed by atoms with Crippen LogP contribution in [0.25, 0.3) is 11.6 Å². The molecule has 0 amide bonds. The molecule has 3 rings (SSSR count). The summed E-state index contributed by atoms with van der Waals surface area (Å²) in [6.45, 7) is 2.50. The summed E-state index contributed by atoms with van der Waals surface area (Å²) < 4.78 is 12.4. The molecular weight excluding hydrogens is 496 g/mol. The Labute approximate surface area is 198 Å². The Morgan fingerprint density at radius 1 is 1.16 bits per heavy atom. The lowest BCUT2D eigenvalue weighted by molar-refractivity contribution is -0.384. The van der Waals surface area contributed by atoms with E-state index in [9.17, 15) is 15.4 Å². The minimum absolute atomic E-state index is 0.0232. The molecule has 6 nitrogen and oxygen atoms in total. The molecule has 0 saturated carbocycles. The van der Waals surface area contributed by atoms with Gasteiger partial charge in [-0.15, -0.1) is 0 Å². The number of allylic oxidation sites excluding steroid dienone is 1. The van der Waals surface area contributed by atoms with Crippen molar-refractivity contribution in [2.24, 2.45) is 0 Å². The zero-order valence-electron chi connectivity index (χ0n) is 17.0. The van der Waals surface area contributed by atoms with Gasteiger partial charge in [-0.1, -0.05) is 23.7 Å². The first-order valence-corrected chi connectivity index (χ1v) is 10.8. The van der Waals surface area contributed by atoms with Gasteiger partial charge in [-0.3, -0.25) is 10.1 Å². The molecule has 0 unspecified atom stereocenters. The summed E-state index contributed by atoms with van der Waals surface area (Å²) >= 11 is 9.47. The van der Waals surface area contributed by atoms with Crippen molar-refractivity contribution in [2.75, 3.05) is 6.61 Å². The number of nitrogens with zero attached hydrogens (tertiary/aromatic N) is 2. The van der Waals surface area contributed by atoms with Crippen molar-refractivity contribution in [3.63, 3.8) is 0 Å². The zero-order chi connectivity index (χ0) is 23.1. The van der Waals surface area contributed by atoms with Crippen LogP contribution in [0.2, 0.25) is 5.02 Å². The molecule has 0 bridgehead atoms. The van der Waals surface area contributed by atoms with Crippen LogP contribution in [0.15, 0.2) is 65.1 Å². The van der Waals surface area contributed by atoms with Crippen molar-refractivity contribution < 1.29 is 14.4 Å². The van der Waals surface area contributed by atoms with Gasteiger partial charge in [0.15, 0.2) is 11.5 Å². The van der Waals surface area contributed by atoms with Gasteiger partial charge < -0.3 is 9.47 Å². The average molecular weight is 514 g/mol. The second kappa shape index (κ2) is 10.8. The molecule has 0 aromatic heterocycles. The van der Waals surface area contributed by atoms with Gasteiger partial charge in [-0.2, -0.15) is 5.26 Å². The highest BCUT2D eigenvalue weighted by Crippen LogP contribution is 2.38. The van der Waals surface area contributed by atoms with Gasteiger partial charge in [0.1, 0.15) is 6.61 Å². The van der Waals surface area contributed by atoms with E-state index in [0.29, 0.717) is 33.2 Å². The lowest BCUT2D eigenvalue weighted by atomic mass is 10.0. The maximum absolute atomic E-state index is 10.8. The van der Waals surface area contributed by atoms with Crippen LogP contribution < -0.4 is 9.47 Å². The van der Waals surface area contributed by atoms with E-state index in [1.54, 1.807) is 48.5 Å². The molecule has 0 saturated heterocycles. The van der Waals surface area contributed by atoms with Crippen molar-refractivity contribution in [3.05, 3.63) is 97.0 Å². The van der Waals surface area contributed by atoms with Gasteiger partial charge in [-0.25, -0.2) is 0 Å². The third kappa shape index (κ3) is 5.88. The monoisotopic (exact) mass is 512 g/mol. The molecule has 0 fully saturated rings. The Hall–Kier alpha value is -3.34. The number of nitro groups is 1. The van der Waals surface area contributed by atoms with Crippen LogP contribution in [0, 0.1) is 21.4 Å². The smallest absolute Gasteiger partial charge is 0.269 e. The molecule has 3 aromatic carbocycles. The Morgan fingerprint density at radius 3 is 2.44 bits per heavy atom. The van der Waals surface area contributed by atoms with E-state index >= 15 is 0 Å². The summed E-state index contributed by atoms with van der Waals surface area (Å²) in [6, 6.07) is 19.1. The summed E-state index contributed by atoms with van der Waals surface area (Å²) in [6.07, 6.45) is 1.76. The standard InChI is InChI=1S/C24H18BrClN2O4/c1-2-31-23-13-17(11-19(14-27)18-5-7-20(26)8-6-18)12-22(25)24(23)32-15-16-3-9-21(10-4-16)28(29)30/h3-13H,2,15H2,1H3. The number of benzene rings is 3. The number of nitro benzene ring substituents is 1. The summed E-state index contributed by atoms with van der Waals surface area (Å²) in [5.74, 6) is 1.02. The van der Waals surface area contributed by atoms with Crippen molar-refractivity contribution in [1.82, 2.24) is 0 Å². The quantitative estimate of drug-likeness (QED) is 0.139. The predicted octanol–water partition coefficient (Wildman–Crippen LogP) is 7.05. The Morgan fingerprint density at radius 2 is 1.84 bits per heavy atom. The number of ether oxygens (including phenoxy) is 2. The summed E-state index contributed by atoms with van der Waals surface area (Å²) in [5, 5.41) is 21.0. The number of halogens is 2. The fourth-order valence-corrected chi connectivity index (χ4v) is 3.62. The first-order valence-electron chi connectivity index (χ1n) is 9.61. The van der Waals surface area contributed by atoms with Crippen molar-refractivity contribution in [1.29, 1.82) is 5.26 Å². The molecular formula is C24H18BrClN2O4. The first kappa shape index (κ1) is 23.3. The number of non-ortho nitro benzene ring substituents is 1. The second-order valence-corrected chi connectivity index (χ2v) is 7.94. The van der Waals surface area contributed by atoms with E-state index in [2.05, 4.69) is 22.0 Å². The minimum atomic E-state index is -0.444. The third-order valence-corrected chi connectivity index (χ3v) is 5.29. The van der Waals surface area contributed by atoms with E-state index < -0.39 is 4.92 Å². The molecule has 0 radical (unpaired) electrons. The topological polar surface area (TPSA) is 85.4 Å². The van der Waals surface area contributed by atoms with Crippen LogP contribution in [0.4, 0.5) is 5.69 Å². The highest BCUT2D eigenvalue weighted by atomic mass is 79.9. The van der Waals surface area contributed by atoms with Crippen molar-refractivity contribution in [3.8, 4) is 17.6 Å². The molecule has 0 aliphatic carbocycles. The maximum Gasteiger partial charge on any atom is 0.269 e. The van der Waals surface area contributed by atoms with Crippen molar-refractivity contribution >= 4 is 44.9 Å². The SMILES string of the molecule is CCOc1cc(C=C(C#N)c2ccc(Cl)cc2)cc(Br)c1OCc1ccc([N+](=O)[O-])cc1. The molecule has 0 N–H and O–H groups in total. The highest BCUT2D eigenvalue weighted by molar-refractivity contribution is 9.10. The molecule has 0 heterocycles. The van der Waals surface area contributed by atoms with Gasteiger partial charge >= 0.3 is 0 Å². The van der Waals surface area contributed by atoms with Crippen LogP contribution >= 0.6 is 27.5 Å². The summed E-state index contributed by atoms with van der Waals surface area (Å²) in [4.78, 5) is 10.4. The average Bonchev–Trinajstić information content (AvgIpc) is 2.78. The number of hydrogen-bond donors (Lipinski definition) is 0. The zero-order valence-corrected chi connectivity index (χ0v) is 19.4. The van der Waals surface area contributed by atoms with Gasteiger partial charge in [-0.05, 0) is 82.0 Å². The molecule has 32 heavy (non-hydrogen) atoms. The molecule has 0 aliphatic heterocycles. The second-order valence-electron chi connectivity index (χ2n) is 6.65. The van der Waals surface area contributed by atoms with Crippen LogP contribution in [0.1, 0.15) is 23.6 Å². The fraction of sp³-hybridized carbons (Fsp3) is 0.125. The fourth-order valence-electron chi connectivity index (χ4n) is 2.92. The highest BCUT2D eigenvalue weighted by Gasteiger charge is 2.13. The van der Waals surface area contributed by atoms with E-state index in [4.69, 9.17) is 21.1 Å². The molecule has 3 aromatic rings. The normalized spacial score (nSPS) is 11.0. The van der Waals surface area contributed by atoms with E-state index in [-0.39, 0.29) is 12.3 Å². The van der Waals surface area contributed by atoms with E-state index in [1.807, 2.05) is 13.0 Å². The van der Waals surface area contributed by atoms with Crippen LogP contribution in [-0.2, 0) is 6.61 Å². The van der Waals surface area contributed by atoms with Crippen LogP contribution in [0.3, 0.4) is 0 Å². The van der Waals surface area contributed by atoms with E-state index in [1.165, 1.54) is 12.1 Å². The predicted molar refractivity (Wildman–Crippen MR) is 128 cm³/mol. The Balaban J connectivity index is 1.87. The number of nitriles is 1. The van der Waals surface area contributed by atoms with Crippen LogP contribution in [-0.4, -0.2) is 11.5 Å². The largest absolute Gasteiger partial charge is 0.490 e. The van der Waals surface area contributed by atoms with Gasteiger partial charge in [0, 0.05) is 17.2 Å². The lowest BCUT2D eigenvalue weighted by Crippen LogP contribution is -2.01. The Bertz CT molecular complexity index is 1190. The Kier molecular flexibility index (Phi) is 7.87. The van der Waals surface area contributed by atoms with Gasteiger partial charge in [0.2, 0.25) is 0 Å². The minimum Gasteiger partial charge on any atom is -0.490 e. The van der Waals surface area contributed by atoms with Crippen LogP contribution in [0.5, 0.6) is 11.5 Å². The summed E-state index contributed by atoms with van der Waals surface area (Å²) in [5.41, 5.74) is 2.80. The maximum atomic E-state index is 10.8. The van der Waals surface area contributed by atoms with Crippen molar-refractivity contribution in [2.45, 2.75) is 13.5 Å². The summed E-state index contributed by atoms with van der Waals surface area (Å²) in [7, 11) is 0. The molecule has 8 heteroatoms. The van der Waals surface area contributed by atoms with E-state index in [0.717, 1.165) is 16.7 Å².